The van der Waals surface area contributed by atoms with Crippen molar-refractivity contribution in [2.45, 2.75) is 76.7 Å². The van der Waals surface area contributed by atoms with E-state index in [2.05, 4.69) is 0 Å². The maximum atomic E-state index is 16.9. The lowest BCUT2D eigenvalue weighted by molar-refractivity contribution is -0.219. The SMILES string of the molecule is C[C@@H]1C[C@H]2[C@@H]3CCC4=CC(=O)C=C[C@]4(C)[C@@]3(F)[C@@H](O)C[C@]2(C)[C@@]1(O)C(=O)CO.O=C(O)CCC(=O)O. The molecule has 9 nitrogen and oxygen atoms in total. The Morgan fingerprint density at radius 2 is 1.69 bits per heavy atom. The molecule has 0 aromatic rings. The van der Waals surface area contributed by atoms with Crippen molar-refractivity contribution in [2.24, 2.45) is 28.6 Å². The molecule has 36 heavy (non-hydrogen) atoms. The summed E-state index contributed by atoms with van der Waals surface area (Å²) in [4.78, 5) is 43.7. The van der Waals surface area contributed by atoms with E-state index in [-0.39, 0.29) is 31.0 Å². The first-order chi connectivity index (χ1) is 16.6. The van der Waals surface area contributed by atoms with E-state index in [0.29, 0.717) is 24.8 Å². The summed E-state index contributed by atoms with van der Waals surface area (Å²) in [7, 11) is 0. The summed E-state index contributed by atoms with van der Waals surface area (Å²) in [5.74, 6) is -4.27. The molecule has 0 spiro atoms. The van der Waals surface area contributed by atoms with Crippen molar-refractivity contribution < 1.29 is 49.1 Å². The number of aliphatic hydroxyl groups is 3. The molecule has 0 amide bonds. The highest BCUT2D eigenvalue weighted by atomic mass is 19.1. The number of carboxylic acid groups (broad SMARTS) is 2. The molecule has 3 fully saturated rings. The Morgan fingerprint density at radius 3 is 2.22 bits per heavy atom. The van der Waals surface area contributed by atoms with Gasteiger partial charge in [-0.05, 0) is 56.6 Å². The van der Waals surface area contributed by atoms with Crippen molar-refractivity contribution in [2.75, 3.05) is 6.61 Å². The molecule has 0 unspecified atom stereocenters. The van der Waals surface area contributed by atoms with Crippen LogP contribution in [-0.2, 0) is 19.2 Å². The van der Waals surface area contributed by atoms with Crippen LogP contribution in [-0.4, -0.2) is 73.0 Å². The molecule has 4 aliphatic rings. The number of carboxylic acids is 2. The van der Waals surface area contributed by atoms with E-state index >= 15 is 4.39 Å². The van der Waals surface area contributed by atoms with Gasteiger partial charge in [-0.2, -0.15) is 0 Å². The smallest absolute Gasteiger partial charge is 0.303 e. The third-order valence-corrected chi connectivity index (χ3v) is 9.34. The van der Waals surface area contributed by atoms with Gasteiger partial charge in [0.15, 0.2) is 17.2 Å². The number of hydrogen-bond donors (Lipinski definition) is 5. The summed E-state index contributed by atoms with van der Waals surface area (Å²) >= 11 is 0. The maximum Gasteiger partial charge on any atom is 0.303 e. The summed E-state index contributed by atoms with van der Waals surface area (Å²) in [6, 6.07) is 0. The van der Waals surface area contributed by atoms with E-state index in [4.69, 9.17) is 10.2 Å². The maximum absolute atomic E-state index is 16.9. The molecule has 0 saturated heterocycles. The Labute approximate surface area is 208 Å². The Bertz CT molecular complexity index is 1010. The van der Waals surface area contributed by atoms with Crippen LogP contribution < -0.4 is 0 Å². The third-order valence-electron chi connectivity index (χ3n) is 9.34. The minimum Gasteiger partial charge on any atom is -0.481 e. The van der Waals surface area contributed by atoms with Gasteiger partial charge in [0, 0.05) is 16.7 Å². The molecular weight excluding hydrogens is 475 g/mol. The van der Waals surface area contributed by atoms with Crippen molar-refractivity contribution in [1.29, 1.82) is 0 Å². The number of fused-ring (bicyclic) bond motifs is 5. The van der Waals surface area contributed by atoms with E-state index in [0.717, 1.165) is 0 Å². The second-order valence-corrected chi connectivity index (χ2v) is 11.0. The molecule has 4 rings (SSSR count). The molecule has 0 radical (unpaired) electrons. The van der Waals surface area contributed by atoms with Gasteiger partial charge in [-0.15, -0.1) is 0 Å². The predicted molar refractivity (Wildman–Crippen MR) is 124 cm³/mol. The summed E-state index contributed by atoms with van der Waals surface area (Å²) in [5, 5.41) is 47.8. The largest absolute Gasteiger partial charge is 0.481 e. The zero-order chi connectivity index (χ0) is 27.3. The van der Waals surface area contributed by atoms with Crippen LogP contribution in [0.5, 0.6) is 0 Å². The van der Waals surface area contributed by atoms with Crippen molar-refractivity contribution >= 4 is 23.5 Å². The molecule has 0 aromatic carbocycles. The van der Waals surface area contributed by atoms with E-state index in [9.17, 15) is 34.5 Å². The Hall–Kier alpha value is -2.43. The van der Waals surface area contributed by atoms with Crippen molar-refractivity contribution in [3.8, 4) is 0 Å². The topological polar surface area (TPSA) is 169 Å². The lowest BCUT2D eigenvalue weighted by Crippen LogP contribution is -2.69. The van der Waals surface area contributed by atoms with Crippen LogP contribution in [0.3, 0.4) is 0 Å². The Balaban J connectivity index is 0.000000392. The normalized spacial score (nSPS) is 42.8. The summed E-state index contributed by atoms with van der Waals surface area (Å²) in [6.07, 6.45) is 3.85. The molecule has 0 aromatic heterocycles. The van der Waals surface area contributed by atoms with E-state index in [1.807, 2.05) is 0 Å². The number of carbonyl (C=O) groups is 4. The molecule has 0 bridgehead atoms. The van der Waals surface area contributed by atoms with Crippen molar-refractivity contribution in [3.05, 3.63) is 23.8 Å². The molecule has 5 N–H and O–H groups in total. The Kier molecular flexibility index (Phi) is 7.40. The summed E-state index contributed by atoms with van der Waals surface area (Å²) in [6.45, 7) is 4.48. The number of ketones is 2. The van der Waals surface area contributed by atoms with Crippen LogP contribution in [0.15, 0.2) is 23.8 Å². The predicted octanol–water partition coefficient (Wildman–Crippen LogP) is 1.83. The van der Waals surface area contributed by atoms with Crippen LogP contribution >= 0.6 is 0 Å². The average molecular weight is 511 g/mol. The second-order valence-electron chi connectivity index (χ2n) is 11.0. The zero-order valence-electron chi connectivity index (χ0n) is 20.7. The molecule has 0 aliphatic heterocycles. The molecule has 0 heterocycles. The number of aliphatic carboxylic acids is 2. The monoisotopic (exact) mass is 510 g/mol. The molecule has 3 saturated carbocycles. The first-order valence-electron chi connectivity index (χ1n) is 12.2. The fourth-order valence-electron chi connectivity index (χ4n) is 7.47. The van der Waals surface area contributed by atoms with Gasteiger partial charge in [0.05, 0.1) is 18.9 Å². The average Bonchev–Trinajstić information content (AvgIpc) is 3.00. The van der Waals surface area contributed by atoms with Gasteiger partial charge in [0.2, 0.25) is 0 Å². The molecule has 4 aliphatic carbocycles. The number of hydrogen-bond acceptors (Lipinski definition) is 7. The van der Waals surface area contributed by atoms with Crippen LogP contribution in [0.2, 0.25) is 0 Å². The van der Waals surface area contributed by atoms with Gasteiger partial charge in [-0.3, -0.25) is 19.2 Å². The summed E-state index contributed by atoms with van der Waals surface area (Å²) in [5.41, 5.74) is -5.17. The first-order valence-corrected chi connectivity index (χ1v) is 12.2. The van der Waals surface area contributed by atoms with Gasteiger partial charge >= 0.3 is 11.9 Å². The molecule has 8 atom stereocenters. The number of alkyl halides is 1. The highest BCUT2D eigenvalue weighted by Gasteiger charge is 2.75. The minimum atomic E-state index is -1.98. The number of rotatable bonds is 5. The lowest BCUT2D eigenvalue weighted by Gasteiger charge is -2.62. The van der Waals surface area contributed by atoms with E-state index in [1.54, 1.807) is 26.8 Å². The summed E-state index contributed by atoms with van der Waals surface area (Å²) < 4.78 is 16.9. The van der Waals surface area contributed by atoms with E-state index in [1.165, 1.54) is 12.2 Å². The number of Topliss-reactive ketones (excluding diaryl/α,β-unsaturated/α-hetero) is 1. The van der Waals surface area contributed by atoms with E-state index < -0.39 is 64.4 Å². The fraction of sp³-hybridized carbons (Fsp3) is 0.692. The molecule has 10 heteroatoms. The van der Waals surface area contributed by atoms with Gasteiger partial charge < -0.3 is 25.5 Å². The van der Waals surface area contributed by atoms with Crippen LogP contribution in [0.1, 0.15) is 59.3 Å². The zero-order valence-corrected chi connectivity index (χ0v) is 20.7. The number of aliphatic hydroxyl groups excluding tert-OH is 2. The Morgan fingerprint density at radius 1 is 1.11 bits per heavy atom. The first kappa shape index (κ1) is 28.1. The van der Waals surface area contributed by atoms with Gasteiger partial charge in [0.1, 0.15) is 12.2 Å². The number of halogens is 1. The highest BCUT2D eigenvalue weighted by molar-refractivity contribution is 6.01. The van der Waals surface area contributed by atoms with Gasteiger partial charge in [0.25, 0.3) is 0 Å². The van der Waals surface area contributed by atoms with Gasteiger partial charge in [-0.1, -0.05) is 25.5 Å². The van der Waals surface area contributed by atoms with Crippen LogP contribution in [0.4, 0.5) is 4.39 Å². The highest BCUT2D eigenvalue weighted by Crippen LogP contribution is 2.70. The number of allylic oxidation sites excluding steroid dienone is 4. The third kappa shape index (κ3) is 3.94. The number of carbonyl (C=O) groups excluding carboxylic acids is 2. The van der Waals surface area contributed by atoms with Crippen molar-refractivity contribution in [1.82, 2.24) is 0 Å². The molecular formula is C26H35FO9. The minimum absolute atomic E-state index is 0.0676. The fourth-order valence-corrected chi connectivity index (χ4v) is 7.47. The quantitative estimate of drug-likeness (QED) is 0.370. The van der Waals surface area contributed by atoms with Gasteiger partial charge in [-0.25, -0.2) is 4.39 Å². The van der Waals surface area contributed by atoms with Crippen molar-refractivity contribution in [3.63, 3.8) is 0 Å². The van der Waals surface area contributed by atoms with Crippen LogP contribution in [0.25, 0.3) is 0 Å². The standard InChI is InChI=1S/C22H29FO5.C4H6O4/c1-12-8-16-15-5-4-13-9-14(25)6-7-19(13,2)21(15,23)17(26)10-20(16,3)22(12,28)18(27)11-24;5-3(6)1-2-4(7)8/h6-7,9,12,15-17,24,26,28H,4-5,8,10-11H2,1-3H3;1-2H2,(H,5,6)(H,7,8)/t12-,15+,16+,17+,19+,20+,21+,22+;/m1./s1. The second kappa shape index (κ2) is 9.46. The van der Waals surface area contributed by atoms with Crippen LogP contribution in [0, 0.1) is 28.6 Å². The lowest BCUT2D eigenvalue weighted by atomic mass is 9.44. The molecule has 200 valence electrons.